The molecule has 34 heavy (non-hydrogen) atoms. The summed E-state index contributed by atoms with van der Waals surface area (Å²) in [6.45, 7) is 0.298. The van der Waals surface area contributed by atoms with Gasteiger partial charge in [0, 0.05) is 28.9 Å². The summed E-state index contributed by atoms with van der Waals surface area (Å²) in [4.78, 5) is 12.6. The van der Waals surface area contributed by atoms with Crippen molar-refractivity contribution in [1.29, 1.82) is 0 Å². The van der Waals surface area contributed by atoms with Crippen molar-refractivity contribution in [2.24, 2.45) is 0 Å². The summed E-state index contributed by atoms with van der Waals surface area (Å²) < 4.78 is 24.0. The van der Waals surface area contributed by atoms with Crippen LogP contribution in [0.2, 0.25) is 0 Å². The van der Waals surface area contributed by atoms with Crippen LogP contribution in [-0.4, -0.2) is 30.3 Å². The van der Waals surface area contributed by atoms with Gasteiger partial charge in [-0.25, -0.2) is 4.39 Å². The van der Waals surface area contributed by atoms with Crippen LogP contribution in [0.15, 0.2) is 78.9 Å². The van der Waals surface area contributed by atoms with Crippen molar-refractivity contribution in [3.05, 3.63) is 95.8 Å². The van der Waals surface area contributed by atoms with Gasteiger partial charge >= 0.3 is 0 Å². The first-order valence-corrected chi connectivity index (χ1v) is 10.5. The second kappa shape index (κ2) is 10.4. The quantitative estimate of drug-likeness (QED) is 0.388. The number of amides is 1. The first-order valence-electron chi connectivity index (χ1n) is 10.5. The lowest BCUT2D eigenvalue weighted by Crippen LogP contribution is -2.23. The molecule has 3 aromatic carbocycles. The molecule has 0 radical (unpaired) electrons. The number of nitrogens with one attached hydrogen (secondary N) is 2. The van der Waals surface area contributed by atoms with Gasteiger partial charge < -0.3 is 20.1 Å². The molecule has 0 aliphatic carbocycles. The topological polar surface area (TPSA) is 85.4 Å². The standard InChI is InChI=1S/C26H23FN4O3/c1-33-22-10-12-24(34-2)19(15-22)16-28-26(32)17-6-8-21(9-7-17)29-25-13-11-23(30-31-25)18-4-3-5-20(27)14-18/h3-15H,16H2,1-2H3,(H,28,32)(H,29,31). The number of halogens is 1. The Kier molecular flexibility index (Phi) is 6.98. The molecular weight excluding hydrogens is 435 g/mol. The lowest BCUT2D eigenvalue weighted by molar-refractivity contribution is 0.0950. The van der Waals surface area contributed by atoms with E-state index in [4.69, 9.17) is 9.47 Å². The van der Waals surface area contributed by atoms with Gasteiger partial charge in [0.25, 0.3) is 5.91 Å². The fourth-order valence-electron chi connectivity index (χ4n) is 3.35. The van der Waals surface area contributed by atoms with Crippen LogP contribution in [0.4, 0.5) is 15.9 Å². The summed E-state index contributed by atoms with van der Waals surface area (Å²) in [5.41, 5.74) is 3.30. The smallest absolute Gasteiger partial charge is 0.251 e. The van der Waals surface area contributed by atoms with Crippen molar-refractivity contribution in [2.45, 2.75) is 6.54 Å². The van der Waals surface area contributed by atoms with Gasteiger partial charge in [0.2, 0.25) is 0 Å². The number of hydrogen-bond donors (Lipinski definition) is 2. The number of rotatable bonds is 8. The molecule has 0 aliphatic rings. The Morgan fingerprint density at radius 2 is 1.74 bits per heavy atom. The largest absolute Gasteiger partial charge is 0.497 e. The highest BCUT2D eigenvalue weighted by molar-refractivity contribution is 5.94. The number of anilines is 2. The van der Waals surface area contributed by atoms with Crippen molar-refractivity contribution >= 4 is 17.4 Å². The lowest BCUT2D eigenvalue weighted by Gasteiger charge is -2.12. The van der Waals surface area contributed by atoms with Crippen LogP contribution in [0, 0.1) is 5.82 Å². The molecule has 1 heterocycles. The van der Waals surface area contributed by atoms with Gasteiger partial charge in [0.05, 0.1) is 19.9 Å². The Morgan fingerprint density at radius 1 is 0.912 bits per heavy atom. The molecule has 0 bridgehead atoms. The first kappa shape index (κ1) is 22.7. The SMILES string of the molecule is COc1ccc(OC)c(CNC(=O)c2ccc(Nc3ccc(-c4cccc(F)c4)nn3)cc2)c1. The molecule has 8 heteroatoms. The van der Waals surface area contributed by atoms with Crippen molar-refractivity contribution in [3.63, 3.8) is 0 Å². The first-order chi connectivity index (χ1) is 16.6. The average molecular weight is 458 g/mol. The highest BCUT2D eigenvalue weighted by atomic mass is 19.1. The molecule has 0 spiro atoms. The number of methoxy groups -OCH3 is 2. The fraction of sp³-hybridized carbons (Fsp3) is 0.115. The maximum atomic E-state index is 13.4. The molecule has 0 saturated heterocycles. The van der Waals surface area contributed by atoms with Gasteiger partial charge in [-0.1, -0.05) is 12.1 Å². The second-order valence-corrected chi connectivity index (χ2v) is 7.38. The van der Waals surface area contributed by atoms with E-state index in [2.05, 4.69) is 20.8 Å². The molecule has 7 nitrogen and oxygen atoms in total. The zero-order valence-corrected chi connectivity index (χ0v) is 18.7. The van der Waals surface area contributed by atoms with Gasteiger partial charge in [0.15, 0.2) is 5.82 Å². The van der Waals surface area contributed by atoms with E-state index in [1.807, 2.05) is 6.07 Å². The third-order valence-electron chi connectivity index (χ3n) is 5.13. The average Bonchev–Trinajstić information content (AvgIpc) is 2.88. The highest BCUT2D eigenvalue weighted by Gasteiger charge is 2.10. The molecule has 4 rings (SSSR count). The molecule has 0 fully saturated rings. The summed E-state index contributed by atoms with van der Waals surface area (Å²) in [6.07, 6.45) is 0. The third kappa shape index (κ3) is 5.47. The number of ether oxygens (including phenoxy) is 2. The van der Waals surface area contributed by atoms with Crippen LogP contribution in [-0.2, 0) is 6.54 Å². The van der Waals surface area contributed by atoms with E-state index in [9.17, 15) is 9.18 Å². The zero-order chi connectivity index (χ0) is 23.9. The maximum Gasteiger partial charge on any atom is 0.251 e. The number of hydrogen-bond acceptors (Lipinski definition) is 6. The van der Waals surface area contributed by atoms with E-state index >= 15 is 0 Å². The van der Waals surface area contributed by atoms with Gasteiger partial charge in [-0.3, -0.25) is 4.79 Å². The van der Waals surface area contributed by atoms with Crippen molar-refractivity contribution < 1.29 is 18.7 Å². The van der Waals surface area contributed by atoms with Crippen LogP contribution < -0.4 is 20.1 Å². The van der Waals surface area contributed by atoms with Crippen LogP contribution in [0.5, 0.6) is 11.5 Å². The van der Waals surface area contributed by atoms with E-state index in [0.29, 0.717) is 40.7 Å². The van der Waals surface area contributed by atoms with Gasteiger partial charge in [-0.05, 0) is 66.7 Å². The number of carbonyl (C=O) groups is 1. The Bertz CT molecular complexity index is 1280. The Morgan fingerprint density at radius 3 is 2.41 bits per heavy atom. The highest BCUT2D eigenvalue weighted by Crippen LogP contribution is 2.24. The Labute approximate surface area is 196 Å². The van der Waals surface area contributed by atoms with E-state index < -0.39 is 0 Å². The third-order valence-corrected chi connectivity index (χ3v) is 5.13. The summed E-state index contributed by atoms with van der Waals surface area (Å²) in [5, 5.41) is 14.3. The molecule has 0 atom stereocenters. The monoisotopic (exact) mass is 458 g/mol. The number of benzene rings is 3. The summed E-state index contributed by atoms with van der Waals surface area (Å²) in [7, 11) is 3.17. The molecular formula is C26H23FN4O3. The van der Waals surface area contributed by atoms with E-state index in [0.717, 1.165) is 11.3 Å². The minimum absolute atomic E-state index is 0.212. The maximum absolute atomic E-state index is 13.4. The lowest BCUT2D eigenvalue weighted by atomic mass is 10.1. The van der Waals surface area contributed by atoms with Crippen molar-refractivity contribution in [2.75, 3.05) is 19.5 Å². The van der Waals surface area contributed by atoms with Crippen LogP contribution >= 0.6 is 0 Å². The van der Waals surface area contributed by atoms with Gasteiger partial charge in [-0.2, -0.15) is 0 Å². The fourth-order valence-corrected chi connectivity index (χ4v) is 3.35. The summed E-state index contributed by atoms with van der Waals surface area (Å²) in [5.74, 6) is 1.35. The molecule has 0 aliphatic heterocycles. The molecule has 4 aromatic rings. The Hall–Kier alpha value is -4.46. The molecule has 1 amide bonds. The minimum Gasteiger partial charge on any atom is -0.497 e. The molecule has 0 saturated carbocycles. The normalized spacial score (nSPS) is 10.4. The molecule has 1 aromatic heterocycles. The predicted octanol–water partition coefficient (Wildman–Crippen LogP) is 4.97. The van der Waals surface area contributed by atoms with E-state index in [1.165, 1.54) is 12.1 Å². The van der Waals surface area contributed by atoms with E-state index in [1.54, 1.807) is 74.9 Å². The summed E-state index contributed by atoms with van der Waals surface area (Å²) in [6, 6.07) is 22.1. The van der Waals surface area contributed by atoms with E-state index in [-0.39, 0.29) is 11.7 Å². The predicted molar refractivity (Wildman–Crippen MR) is 128 cm³/mol. The molecule has 2 N–H and O–H groups in total. The number of carbonyl (C=O) groups excluding carboxylic acids is 1. The van der Waals surface area contributed by atoms with Crippen LogP contribution in [0.3, 0.4) is 0 Å². The minimum atomic E-state index is -0.326. The zero-order valence-electron chi connectivity index (χ0n) is 18.7. The number of nitrogens with zero attached hydrogens (tertiary/aromatic N) is 2. The molecule has 172 valence electrons. The van der Waals surface area contributed by atoms with Crippen LogP contribution in [0.25, 0.3) is 11.3 Å². The van der Waals surface area contributed by atoms with Gasteiger partial charge in [-0.15, -0.1) is 10.2 Å². The van der Waals surface area contributed by atoms with Crippen molar-refractivity contribution in [3.8, 4) is 22.8 Å². The van der Waals surface area contributed by atoms with Crippen LogP contribution in [0.1, 0.15) is 15.9 Å². The van der Waals surface area contributed by atoms with Crippen molar-refractivity contribution in [1.82, 2.24) is 15.5 Å². The second-order valence-electron chi connectivity index (χ2n) is 7.38. The molecule has 0 unspecified atom stereocenters. The Balaban J connectivity index is 1.37. The number of aromatic nitrogens is 2. The summed E-state index contributed by atoms with van der Waals surface area (Å²) >= 11 is 0. The van der Waals surface area contributed by atoms with Gasteiger partial charge in [0.1, 0.15) is 17.3 Å².